The number of aromatic amines is 1. The molecule has 0 bridgehead atoms. The van der Waals surface area contributed by atoms with Crippen molar-refractivity contribution in [3.63, 3.8) is 0 Å². The number of aliphatic carboxylic acids is 1. The number of thioether (sulfide) groups is 2. The van der Waals surface area contributed by atoms with Gasteiger partial charge < -0.3 is 26.2 Å². The van der Waals surface area contributed by atoms with Crippen LogP contribution in [0, 0.1) is 0 Å². The summed E-state index contributed by atoms with van der Waals surface area (Å²) in [5.41, 5.74) is 3.52. The number of tetrazole rings is 1. The predicted molar refractivity (Wildman–Crippen MR) is 169 cm³/mol. The number of ether oxygens (including phenoxy) is 1. The number of β-lactam (4-membered cyclic amide) rings is 1. The van der Waals surface area contributed by atoms with E-state index in [1.54, 1.807) is 12.4 Å². The monoisotopic (exact) mass is 691 g/mol. The Kier molecular flexibility index (Phi) is 9.65. The van der Waals surface area contributed by atoms with Crippen LogP contribution in [0.5, 0.6) is 0 Å². The fourth-order valence-electron chi connectivity index (χ4n) is 4.86. The Bertz CT molecular complexity index is 1770. The van der Waals surface area contributed by atoms with E-state index in [1.807, 2.05) is 6.92 Å². The number of aryl methyl sites for hydroxylation is 1. The van der Waals surface area contributed by atoms with Crippen molar-refractivity contribution in [2.45, 2.75) is 36.0 Å². The van der Waals surface area contributed by atoms with Crippen LogP contribution in [0.1, 0.15) is 18.2 Å². The fourth-order valence-corrected chi connectivity index (χ4v) is 8.14. The van der Waals surface area contributed by atoms with Gasteiger partial charge in [-0.3, -0.25) is 29.2 Å². The second kappa shape index (κ2) is 13.5. The van der Waals surface area contributed by atoms with Gasteiger partial charge >= 0.3 is 12.0 Å². The van der Waals surface area contributed by atoms with Crippen molar-refractivity contribution in [1.29, 1.82) is 0 Å². The highest BCUT2D eigenvalue weighted by atomic mass is 32.2. The van der Waals surface area contributed by atoms with E-state index in [1.165, 1.54) is 47.6 Å². The third-order valence-corrected chi connectivity index (χ3v) is 10.4. The molecule has 2 atom stereocenters. The molecule has 244 valence electrons. The summed E-state index contributed by atoms with van der Waals surface area (Å²) in [5, 5.41) is 28.1. The van der Waals surface area contributed by atoms with Crippen LogP contribution in [0.25, 0.3) is 0 Å². The SMILES string of the molecule is CCCNc1ncc(N(C(N)=O)c2ccsc2CC(=O)N[C@]2(OC)C(=O)N3C(C(=O)O)=C(CSc4nnnn4C)CS[C@@H]32)c(=O)[nH]1. The molecular formula is C25H29N11O7S3. The number of carbonyl (C=O) groups is 4. The zero-order valence-electron chi connectivity index (χ0n) is 24.7. The average Bonchev–Trinajstić information content (AvgIpc) is 3.65. The molecule has 0 unspecified atom stereocenters. The van der Waals surface area contributed by atoms with Crippen molar-refractivity contribution in [3.05, 3.63) is 44.1 Å². The minimum absolute atomic E-state index is 0.149. The molecule has 6 N–H and O–H groups in total. The number of fused-ring (bicyclic) bond motifs is 1. The van der Waals surface area contributed by atoms with Crippen LogP contribution < -0.4 is 26.8 Å². The van der Waals surface area contributed by atoms with Crippen molar-refractivity contribution >= 4 is 76.0 Å². The quantitative estimate of drug-likeness (QED) is 0.0928. The lowest BCUT2D eigenvalue weighted by Gasteiger charge is -2.55. The number of H-pyrrole nitrogens is 1. The number of thiophene rings is 1. The van der Waals surface area contributed by atoms with Gasteiger partial charge in [0.15, 0.2) is 0 Å². The maximum absolute atomic E-state index is 13.5. The lowest BCUT2D eigenvalue weighted by atomic mass is 9.98. The van der Waals surface area contributed by atoms with Gasteiger partial charge in [-0.15, -0.1) is 28.2 Å². The third kappa shape index (κ3) is 6.04. The number of nitrogens with zero attached hydrogens (tertiary/aromatic N) is 7. The van der Waals surface area contributed by atoms with E-state index in [0.29, 0.717) is 22.2 Å². The highest BCUT2D eigenvalue weighted by molar-refractivity contribution is 8.01. The molecule has 2 aliphatic rings. The van der Waals surface area contributed by atoms with E-state index < -0.39 is 40.5 Å². The van der Waals surface area contributed by atoms with Crippen molar-refractivity contribution in [2.24, 2.45) is 12.8 Å². The summed E-state index contributed by atoms with van der Waals surface area (Å²) in [7, 11) is 2.90. The summed E-state index contributed by atoms with van der Waals surface area (Å²) in [5.74, 6) is -2.00. The van der Waals surface area contributed by atoms with E-state index in [0.717, 1.165) is 27.6 Å². The standard InChI is InChI=1S/C25H29N11O7S3/c1-4-6-27-23-28-9-14(18(38)29-23)35(22(26)42)13-5-7-44-15(13)8-16(37)30-25(43-3)20(41)36-17(19(39)40)12(10-45-21(25)36)11-46-24-31-32-33-34(24)2/h5,7,9,21H,4,6,8,10-11H2,1-3H3,(H2,26,42)(H,30,37)(H,39,40)(H2,27,28,29,38)/t21-,25+/m1/s1. The third-order valence-electron chi connectivity index (χ3n) is 6.98. The molecule has 0 saturated carbocycles. The number of carboxylic acids is 1. The van der Waals surface area contributed by atoms with Gasteiger partial charge in [-0.25, -0.2) is 19.3 Å². The number of primary amides is 1. The average molecular weight is 692 g/mol. The van der Waals surface area contributed by atoms with Crippen LogP contribution in [0.15, 0.2) is 38.9 Å². The number of urea groups is 1. The Morgan fingerprint density at radius 1 is 1.33 bits per heavy atom. The highest BCUT2D eigenvalue weighted by Crippen LogP contribution is 2.47. The highest BCUT2D eigenvalue weighted by Gasteiger charge is 2.66. The number of nitrogens with one attached hydrogen (secondary N) is 3. The maximum atomic E-state index is 13.5. The molecule has 1 saturated heterocycles. The van der Waals surface area contributed by atoms with Gasteiger partial charge in [0.25, 0.3) is 17.2 Å². The Balaban J connectivity index is 1.33. The summed E-state index contributed by atoms with van der Waals surface area (Å²) in [6.07, 6.45) is 1.69. The molecule has 0 spiro atoms. The van der Waals surface area contributed by atoms with Crippen molar-refractivity contribution in [3.8, 4) is 0 Å². The number of methoxy groups -OCH3 is 1. The van der Waals surface area contributed by atoms with Crippen LogP contribution in [0.4, 0.5) is 22.1 Å². The fraction of sp³-hybridized carbons (Fsp3) is 0.400. The van der Waals surface area contributed by atoms with Crippen LogP contribution in [-0.4, -0.2) is 100 Å². The first-order valence-electron chi connectivity index (χ1n) is 13.6. The molecule has 21 heteroatoms. The minimum Gasteiger partial charge on any atom is -0.477 e. The molecule has 0 aliphatic carbocycles. The first-order chi connectivity index (χ1) is 22.0. The van der Waals surface area contributed by atoms with Gasteiger partial charge in [-0.05, 0) is 33.9 Å². The Labute approximate surface area is 273 Å². The zero-order chi connectivity index (χ0) is 33.2. The number of hydrogen-bond donors (Lipinski definition) is 5. The topological polar surface area (TPSA) is 244 Å². The molecule has 0 aromatic carbocycles. The van der Waals surface area contributed by atoms with Gasteiger partial charge in [0.1, 0.15) is 16.8 Å². The second-order valence-electron chi connectivity index (χ2n) is 9.91. The van der Waals surface area contributed by atoms with E-state index >= 15 is 0 Å². The summed E-state index contributed by atoms with van der Waals surface area (Å²) in [6, 6.07) is 0.552. The predicted octanol–water partition coefficient (Wildman–Crippen LogP) is 0.441. The van der Waals surface area contributed by atoms with Gasteiger partial charge in [-0.1, -0.05) is 18.7 Å². The van der Waals surface area contributed by atoms with Gasteiger partial charge in [-0.2, -0.15) is 0 Å². The molecule has 5 heterocycles. The molecule has 2 aliphatic heterocycles. The normalized spacial score (nSPS) is 19.0. The number of carbonyl (C=O) groups excluding carboxylic acids is 3. The van der Waals surface area contributed by atoms with Crippen molar-refractivity contribution < 1.29 is 29.0 Å². The Hall–Kier alpha value is -4.47. The smallest absolute Gasteiger partial charge is 0.352 e. The molecule has 5 rings (SSSR count). The molecule has 0 radical (unpaired) electrons. The summed E-state index contributed by atoms with van der Waals surface area (Å²) >= 11 is 3.60. The zero-order valence-corrected chi connectivity index (χ0v) is 27.1. The number of amides is 4. The summed E-state index contributed by atoms with van der Waals surface area (Å²) in [6.45, 7) is 2.52. The first-order valence-corrected chi connectivity index (χ1v) is 16.5. The number of aromatic nitrogens is 6. The first kappa shape index (κ1) is 32.9. The molecular weight excluding hydrogens is 663 g/mol. The number of carboxylic acid groups (broad SMARTS) is 1. The molecule has 4 amide bonds. The summed E-state index contributed by atoms with van der Waals surface area (Å²) in [4.78, 5) is 73.8. The molecule has 3 aromatic heterocycles. The molecule has 1 fully saturated rings. The van der Waals surface area contributed by atoms with E-state index in [2.05, 4.69) is 36.1 Å². The van der Waals surface area contributed by atoms with Crippen LogP contribution in [0.3, 0.4) is 0 Å². The van der Waals surface area contributed by atoms with Crippen LogP contribution in [0.2, 0.25) is 0 Å². The van der Waals surface area contributed by atoms with E-state index in [-0.39, 0.29) is 40.9 Å². The lowest BCUT2D eigenvalue weighted by molar-refractivity contribution is -0.192. The minimum atomic E-state index is -1.84. The van der Waals surface area contributed by atoms with E-state index in [4.69, 9.17) is 10.5 Å². The van der Waals surface area contributed by atoms with Gasteiger partial charge in [0, 0.05) is 37.1 Å². The molecule has 18 nitrogen and oxygen atoms in total. The largest absolute Gasteiger partial charge is 0.477 e. The van der Waals surface area contributed by atoms with Crippen LogP contribution in [-0.2, 0) is 32.6 Å². The number of anilines is 3. The van der Waals surface area contributed by atoms with Gasteiger partial charge in [0.2, 0.25) is 17.0 Å². The lowest BCUT2D eigenvalue weighted by Crippen LogP contribution is -2.80. The van der Waals surface area contributed by atoms with Crippen LogP contribution >= 0.6 is 34.9 Å². The summed E-state index contributed by atoms with van der Waals surface area (Å²) < 4.78 is 7.00. The Morgan fingerprint density at radius 2 is 2.11 bits per heavy atom. The molecule has 46 heavy (non-hydrogen) atoms. The number of rotatable bonds is 13. The Morgan fingerprint density at radius 3 is 2.74 bits per heavy atom. The molecule has 3 aromatic rings. The second-order valence-corrected chi connectivity index (χ2v) is 12.9. The van der Waals surface area contributed by atoms with Gasteiger partial charge in [0.05, 0.1) is 18.3 Å². The maximum Gasteiger partial charge on any atom is 0.352 e. The number of nitrogens with two attached hydrogens (primary N) is 1. The van der Waals surface area contributed by atoms with Crippen molar-refractivity contribution in [2.75, 3.05) is 35.4 Å². The van der Waals surface area contributed by atoms with Crippen molar-refractivity contribution in [1.82, 2.24) is 40.4 Å². The van der Waals surface area contributed by atoms with E-state index in [9.17, 15) is 29.1 Å². The number of hydrogen-bond acceptors (Lipinski definition) is 14.